The summed E-state index contributed by atoms with van der Waals surface area (Å²) in [5.41, 5.74) is 0. The standard InChI is InChI=1S/C17H35N/c1-6-16-8-7-9-17(10-16)15(5)14(4)12-18-11-13(2)3/h13-18H,6-12H2,1-5H3. The Labute approximate surface area is 115 Å². The molecule has 108 valence electrons. The Morgan fingerprint density at radius 1 is 1.06 bits per heavy atom. The highest BCUT2D eigenvalue weighted by Gasteiger charge is 2.27. The molecule has 1 heteroatoms. The van der Waals surface area contributed by atoms with Crippen LogP contribution in [0.15, 0.2) is 0 Å². The third-order valence-corrected chi connectivity index (χ3v) is 5.06. The van der Waals surface area contributed by atoms with Crippen LogP contribution in [0.3, 0.4) is 0 Å². The molecule has 1 aliphatic rings. The maximum Gasteiger partial charge on any atom is -0.00204 e. The molecule has 0 amide bonds. The summed E-state index contributed by atoms with van der Waals surface area (Å²) in [7, 11) is 0. The van der Waals surface area contributed by atoms with E-state index in [9.17, 15) is 0 Å². The van der Waals surface area contributed by atoms with Gasteiger partial charge in [-0.2, -0.15) is 0 Å². The van der Waals surface area contributed by atoms with Crippen molar-refractivity contribution in [3.8, 4) is 0 Å². The van der Waals surface area contributed by atoms with E-state index in [1.165, 1.54) is 45.2 Å². The molecule has 1 nitrogen and oxygen atoms in total. The number of hydrogen-bond acceptors (Lipinski definition) is 1. The van der Waals surface area contributed by atoms with Crippen molar-refractivity contribution < 1.29 is 0 Å². The fourth-order valence-corrected chi connectivity index (χ4v) is 3.43. The average molecular weight is 253 g/mol. The third-order valence-electron chi connectivity index (χ3n) is 5.06. The molecule has 1 aliphatic carbocycles. The molecule has 0 bridgehead atoms. The van der Waals surface area contributed by atoms with Crippen LogP contribution in [0.25, 0.3) is 0 Å². The zero-order valence-electron chi connectivity index (χ0n) is 13.3. The van der Waals surface area contributed by atoms with Gasteiger partial charge in [0, 0.05) is 0 Å². The highest BCUT2D eigenvalue weighted by atomic mass is 14.9. The summed E-state index contributed by atoms with van der Waals surface area (Å²) in [6, 6.07) is 0. The minimum Gasteiger partial charge on any atom is -0.316 e. The molecule has 0 aromatic carbocycles. The largest absolute Gasteiger partial charge is 0.316 e. The van der Waals surface area contributed by atoms with Crippen molar-refractivity contribution in [2.45, 2.75) is 66.7 Å². The molecule has 1 rings (SSSR count). The minimum absolute atomic E-state index is 0.770. The van der Waals surface area contributed by atoms with E-state index >= 15 is 0 Å². The molecule has 4 atom stereocenters. The van der Waals surface area contributed by atoms with Crippen molar-refractivity contribution in [1.29, 1.82) is 0 Å². The number of nitrogens with one attached hydrogen (secondary N) is 1. The quantitative estimate of drug-likeness (QED) is 0.692. The second kappa shape index (κ2) is 8.19. The van der Waals surface area contributed by atoms with Crippen LogP contribution in [0.5, 0.6) is 0 Å². The summed E-state index contributed by atoms with van der Waals surface area (Å²) < 4.78 is 0. The molecule has 18 heavy (non-hydrogen) atoms. The summed E-state index contributed by atoms with van der Waals surface area (Å²) in [6.07, 6.45) is 7.32. The summed E-state index contributed by atoms with van der Waals surface area (Å²) in [4.78, 5) is 0. The van der Waals surface area contributed by atoms with Crippen LogP contribution in [0.4, 0.5) is 0 Å². The van der Waals surface area contributed by atoms with Crippen molar-refractivity contribution in [3.05, 3.63) is 0 Å². The summed E-state index contributed by atoms with van der Waals surface area (Å²) >= 11 is 0. The van der Waals surface area contributed by atoms with E-state index in [1.54, 1.807) is 0 Å². The molecule has 4 unspecified atom stereocenters. The van der Waals surface area contributed by atoms with Crippen molar-refractivity contribution in [1.82, 2.24) is 5.32 Å². The van der Waals surface area contributed by atoms with Gasteiger partial charge in [-0.1, -0.05) is 60.3 Å². The van der Waals surface area contributed by atoms with Gasteiger partial charge in [0.2, 0.25) is 0 Å². The summed E-state index contributed by atoms with van der Waals surface area (Å²) in [5.74, 6) is 4.48. The highest BCUT2D eigenvalue weighted by molar-refractivity contribution is 4.79. The van der Waals surface area contributed by atoms with E-state index in [0.29, 0.717) is 0 Å². The first kappa shape index (κ1) is 16.0. The van der Waals surface area contributed by atoms with Gasteiger partial charge in [0.1, 0.15) is 0 Å². The van der Waals surface area contributed by atoms with Gasteiger partial charge in [0.25, 0.3) is 0 Å². The molecule has 1 saturated carbocycles. The second-order valence-corrected chi connectivity index (χ2v) is 7.09. The topological polar surface area (TPSA) is 12.0 Å². The lowest BCUT2D eigenvalue weighted by Gasteiger charge is -2.35. The molecule has 0 aliphatic heterocycles. The maximum absolute atomic E-state index is 3.63. The zero-order chi connectivity index (χ0) is 13.5. The third kappa shape index (κ3) is 5.30. The maximum atomic E-state index is 3.63. The molecule has 0 aromatic rings. The van der Waals surface area contributed by atoms with Crippen molar-refractivity contribution in [2.75, 3.05) is 13.1 Å². The first-order valence-corrected chi connectivity index (χ1v) is 8.25. The summed E-state index contributed by atoms with van der Waals surface area (Å²) in [5, 5.41) is 3.63. The van der Waals surface area contributed by atoms with E-state index in [-0.39, 0.29) is 0 Å². The van der Waals surface area contributed by atoms with Gasteiger partial charge in [-0.25, -0.2) is 0 Å². The van der Waals surface area contributed by atoms with Crippen LogP contribution in [-0.2, 0) is 0 Å². The van der Waals surface area contributed by atoms with E-state index in [0.717, 1.165) is 29.6 Å². The van der Waals surface area contributed by atoms with Crippen LogP contribution < -0.4 is 5.32 Å². The number of rotatable bonds is 7. The molecule has 0 aromatic heterocycles. The van der Waals surface area contributed by atoms with Crippen molar-refractivity contribution in [2.24, 2.45) is 29.6 Å². The van der Waals surface area contributed by atoms with Gasteiger partial charge >= 0.3 is 0 Å². The highest BCUT2D eigenvalue weighted by Crippen LogP contribution is 2.37. The lowest BCUT2D eigenvalue weighted by atomic mass is 9.71. The van der Waals surface area contributed by atoms with Gasteiger partial charge in [0.05, 0.1) is 0 Å². The van der Waals surface area contributed by atoms with Crippen LogP contribution in [0, 0.1) is 29.6 Å². The minimum atomic E-state index is 0.770. The predicted octanol–water partition coefficient (Wildman–Crippen LogP) is 4.72. The molecule has 1 fully saturated rings. The fraction of sp³-hybridized carbons (Fsp3) is 1.00. The SMILES string of the molecule is CCC1CCCC(C(C)C(C)CNCC(C)C)C1. The van der Waals surface area contributed by atoms with Crippen LogP contribution in [-0.4, -0.2) is 13.1 Å². The molecule has 1 N–H and O–H groups in total. The van der Waals surface area contributed by atoms with Crippen molar-refractivity contribution in [3.63, 3.8) is 0 Å². The van der Waals surface area contributed by atoms with Crippen LogP contribution in [0.2, 0.25) is 0 Å². The van der Waals surface area contributed by atoms with Gasteiger partial charge in [-0.05, 0) is 49.1 Å². The predicted molar refractivity (Wildman–Crippen MR) is 81.8 cm³/mol. The van der Waals surface area contributed by atoms with Gasteiger partial charge in [-0.15, -0.1) is 0 Å². The first-order valence-electron chi connectivity index (χ1n) is 8.25. The lowest BCUT2D eigenvalue weighted by molar-refractivity contribution is 0.160. The van der Waals surface area contributed by atoms with Gasteiger partial charge in [0.15, 0.2) is 0 Å². The Morgan fingerprint density at radius 3 is 2.39 bits per heavy atom. The van der Waals surface area contributed by atoms with E-state index in [1.807, 2.05) is 0 Å². The van der Waals surface area contributed by atoms with Gasteiger partial charge < -0.3 is 5.32 Å². The Morgan fingerprint density at radius 2 is 1.78 bits per heavy atom. The molecule has 0 saturated heterocycles. The molecule has 0 heterocycles. The summed E-state index contributed by atoms with van der Waals surface area (Å²) in [6.45, 7) is 14.2. The van der Waals surface area contributed by atoms with E-state index in [2.05, 4.69) is 39.9 Å². The Hall–Kier alpha value is -0.0400. The Balaban J connectivity index is 2.30. The molecular formula is C17H35N. The monoisotopic (exact) mass is 253 g/mol. The van der Waals surface area contributed by atoms with Gasteiger partial charge in [-0.3, -0.25) is 0 Å². The molecule has 0 radical (unpaired) electrons. The number of hydrogen-bond donors (Lipinski definition) is 1. The molecule has 0 spiro atoms. The Bertz CT molecular complexity index is 212. The van der Waals surface area contributed by atoms with E-state index < -0.39 is 0 Å². The average Bonchev–Trinajstić information content (AvgIpc) is 2.37. The molecular weight excluding hydrogens is 218 g/mol. The normalized spacial score (nSPS) is 28.3. The fourth-order valence-electron chi connectivity index (χ4n) is 3.43. The first-order chi connectivity index (χ1) is 8.54. The lowest BCUT2D eigenvalue weighted by Crippen LogP contribution is -2.32. The smallest absolute Gasteiger partial charge is 0.00204 e. The zero-order valence-corrected chi connectivity index (χ0v) is 13.3. The van der Waals surface area contributed by atoms with Crippen LogP contribution in [0.1, 0.15) is 66.7 Å². The van der Waals surface area contributed by atoms with Crippen LogP contribution >= 0.6 is 0 Å². The Kier molecular flexibility index (Phi) is 7.29. The second-order valence-electron chi connectivity index (χ2n) is 7.09. The van der Waals surface area contributed by atoms with E-state index in [4.69, 9.17) is 0 Å². The van der Waals surface area contributed by atoms with Crippen molar-refractivity contribution >= 4 is 0 Å².